The molecule has 0 unspecified atom stereocenters. The van der Waals surface area contributed by atoms with Gasteiger partial charge in [0, 0.05) is 20.1 Å². The first kappa shape index (κ1) is 20.9. The maximum Gasteiger partial charge on any atom is 0.243 e. The summed E-state index contributed by atoms with van der Waals surface area (Å²) >= 11 is 0. The lowest BCUT2D eigenvalue weighted by atomic mass is 10.3. The summed E-state index contributed by atoms with van der Waals surface area (Å²) in [6, 6.07) is 12.7. The van der Waals surface area contributed by atoms with Crippen LogP contribution in [0.15, 0.2) is 58.3 Å². The third-order valence-electron chi connectivity index (χ3n) is 4.95. The highest BCUT2D eigenvalue weighted by atomic mass is 32.2. The van der Waals surface area contributed by atoms with Gasteiger partial charge >= 0.3 is 0 Å². The number of rotatable bonds is 6. The average molecular weight is 451 g/mol. The molecule has 0 saturated carbocycles. The summed E-state index contributed by atoms with van der Waals surface area (Å²) in [5.41, 5.74) is 1.59. The van der Waals surface area contributed by atoms with E-state index < -0.39 is 20.0 Å². The minimum atomic E-state index is -3.82. The van der Waals surface area contributed by atoms with Crippen LogP contribution in [0.3, 0.4) is 0 Å². The molecule has 1 aliphatic heterocycles. The zero-order chi connectivity index (χ0) is 21.4. The minimum Gasteiger partial charge on any atom is -0.379 e. The van der Waals surface area contributed by atoms with E-state index in [1.165, 1.54) is 39.9 Å². The van der Waals surface area contributed by atoms with Gasteiger partial charge in [0.2, 0.25) is 20.0 Å². The highest BCUT2D eigenvalue weighted by Crippen LogP contribution is 2.22. The third kappa shape index (κ3) is 3.98. The lowest BCUT2D eigenvalue weighted by Crippen LogP contribution is -2.40. The van der Waals surface area contributed by atoms with Crippen LogP contribution < -0.4 is 0 Å². The number of para-hydroxylation sites is 2. The first-order valence-electron chi connectivity index (χ1n) is 9.36. The molecule has 160 valence electrons. The van der Waals surface area contributed by atoms with Crippen LogP contribution in [0.5, 0.6) is 0 Å². The number of nitrogens with zero attached hydrogens (tertiary/aromatic N) is 3. The molecule has 0 aliphatic carbocycles. The van der Waals surface area contributed by atoms with Gasteiger partial charge in [-0.3, -0.25) is 0 Å². The van der Waals surface area contributed by atoms with Crippen molar-refractivity contribution >= 4 is 31.1 Å². The molecule has 1 fully saturated rings. The van der Waals surface area contributed by atoms with Gasteiger partial charge < -0.3 is 9.72 Å². The predicted octanol–water partition coefficient (Wildman–Crippen LogP) is 1.40. The van der Waals surface area contributed by atoms with Crippen molar-refractivity contribution in [3.8, 4) is 0 Å². The van der Waals surface area contributed by atoms with Crippen molar-refractivity contribution in [2.45, 2.75) is 16.3 Å². The quantitative estimate of drug-likeness (QED) is 0.608. The molecule has 1 aliphatic rings. The fourth-order valence-corrected chi connectivity index (χ4v) is 5.82. The zero-order valence-electron chi connectivity index (χ0n) is 16.4. The van der Waals surface area contributed by atoms with Gasteiger partial charge in [0.25, 0.3) is 0 Å². The molecule has 2 aromatic carbocycles. The van der Waals surface area contributed by atoms with E-state index in [-0.39, 0.29) is 29.4 Å². The van der Waals surface area contributed by atoms with Crippen molar-refractivity contribution < 1.29 is 21.6 Å². The molecule has 0 spiro atoms. The summed E-state index contributed by atoms with van der Waals surface area (Å²) in [5, 5.41) is 0. The van der Waals surface area contributed by atoms with E-state index in [2.05, 4.69) is 9.97 Å². The van der Waals surface area contributed by atoms with Crippen molar-refractivity contribution in [3.05, 3.63) is 54.4 Å². The lowest BCUT2D eigenvalue weighted by molar-refractivity contribution is 0.0730. The molecule has 1 aromatic heterocycles. The Balaban J connectivity index is 1.53. The second-order valence-corrected chi connectivity index (χ2v) is 10.9. The molecule has 4 rings (SSSR count). The Morgan fingerprint density at radius 3 is 2.30 bits per heavy atom. The monoisotopic (exact) mass is 450 g/mol. The predicted molar refractivity (Wildman–Crippen MR) is 111 cm³/mol. The van der Waals surface area contributed by atoms with Crippen molar-refractivity contribution in [1.82, 2.24) is 18.6 Å². The van der Waals surface area contributed by atoms with E-state index in [0.717, 1.165) is 11.0 Å². The van der Waals surface area contributed by atoms with Gasteiger partial charge in [0.05, 0.1) is 40.6 Å². The van der Waals surface area contributed by atoms with Gasteiger partial charge in [-0.2, -0.15) is 8.61 Å². The topological polar surface area (TPSA) is 113 Å². The van der Waals surface area contributed by atoms with Gasteiger partial charge in [-0.25, -0.2) is 21.8 Å². The van der Waals surface area contributed by atoms with Crippen LogP contribution in [-0.2, 0) is 31.3 Å². The molecule has 2 heterocycles. The average Bonchev–Trinajstić information content (AvgIpc) is 3.16. The van der Waals surface area contributed by atoms with Crippen LogP contribution in [0.25, 0.3) is 11.0 Å². The molecule has 9 nitrogen and oxygen atoms in total. The Morgan fingerprint density at radius 1 is 1.00 bits per heavy atom. The molecule has 30 heavy (non-hydrogen) atoms. The van der Waals surface area contributed by atoms with Crippen molar-refractivity contribution in [2.24, 2.45) is 0 Å². The highest BCUT2D eigenvalue weighted by molar-refractivity contribution is 7.89. The van der Waals surface area contributed by atoms with E-state index in [1.54, 1.807) is 0 Å². The van der Waals surface area contributed by atoms with E-state index in [4.69, 9.17) is 4.74 Å². The number of fused-ring (bicyclic) bond motifs is 1. The first-order chi connectivity index (χ1) is 14.3. The summed E-state index contributed by atoms with van der Waals surface area (Å²) in [6.07, 6.45) is 0. The number of imidazole rings is 1. The normalized spacial score (nSPS) is 16.3. The van der Waals surface area contributed by atoms with Crippen LogP contribution in [0, 0.1) is 0 Å². The Kier molecular flexibility index (Phi) is 5.64. The fraction of sp³-hybridized carbons (Fsp3) is 0.316. The van der Waals surface area contributed by atoms with E-state index in [9.17, 15) is 16.8 Å². The number of nitrogens with one attached hydrogen (secondary N) is 1. The van der Waals surface area contributed by atoms with Gasteiger partial charge in [0.1, 0.15) is 5.82 Å². The molecule has 11 heteroatoms. The molecule has 0 bridgehead atoms. The number of ether oxygens (including phenoxy) is 1. The summed E-state index contributed by atoms with van der Waals surface area (Å²) in [4.78, 5) is 7.58. The molecule has 0 radical (unpaired) electrons. The van der Waals surface area contributed by atoms with E-state index >= 15 is 0 Å². The Bertz CT molecular complexity index is 1210. The Morgan fingerprint density at radius 2 is 1.63 bits per heavy atom. The second-order valence-electron chi connectivity index (χ2n) is 6.95. The number of hydrogen-bond donors (Lipinski definition) is 1. The SMILES string of the molecule is CN(Cc1nc2ccccc2[nH]1)S(=O)(=O)c1ccc(S(=O)(=O)N2CCOCC2)cc1. The number of sulfonamides is 2. The number of aromatic amines is 1. The van der Waals surface area contributed by atoms with Crippen LogP contribution in [0.4, 0.5) is 0 Å². The molecule has 3 aromatic rings. The largest absolute Gasteiger partial charge is 0.379 e. The number of H-pyrrole nitrogens is 1. The van der Waals surface area contributed by atoms with Gasteiger partial charge in [-0.05, 0) is 36.4 Å². The van der Waals surface area contributed by atoms with Crippen molar-refractivity contribution in [2.75, 3.05) is 33.4 Å². The zero-order valence-corrected chi connectivity index (χ0v) is 18.0. The first-order valence-corrected chi connectivity index (χ1v) is 12.2. The van der Waals surface area contributed by atoms with E-state index in [1.807, 2.05) is 24.3 Å². The molecule has 1 N–H and O–H groups in total. The van der Waals surface area contributed by atoms with E-state index in [0.29, 0.717) is 19.0 Å². The minimum absolute atomic E-state index is 0.0158. The van der Waals surface area contributed by atoms with Gasteiger partial charge in [0.15, 0.2) is 0 Å². The van der Waals surface area contributed by atoms with Crippen LogP contribution in [0.1, 0.15) is 5.82 Å². The van der Waals surface area contributed by atoms with Gasteiger partial charge in [-0.1, -0.05) is 12.1 Å². The number of aromatic nitrogens is 2. The summed E-state index contributed by atoms with van der Waals surface area (Å²) in [7, 11) is -6.04. The summed E-state index contributed by atoms with van der Waals surface area (Å²) < 4.78 is 59.0. The van der Waals surface area contributed by atoms with Crippen LogP contribution in [-0.4, -0.2) is 68.8 Å². The standard InChI is InChI=1S/C19H22N4O5S2/c1-22(14-19-20-17-4-2-3-5-18(17)21-19)29(24,25)15-6-8-16(9-7-15)30(26,27)23-10-12-28-13-11-23/h2-9H,10-14H2,1H3,(H,20,21). The number of morpholine rings is 1. The summed E-state index contributed by atoms with van der Waals surface area (Å²) in [5.74, 6) is 0.522. The van der Waals surface area contributed by atoms with Crippen LogP contribution in [0.2, 0.25) is 0 Å². The molecular formula is C19H22N4O5S2. The van der Waals surface area contributed by atoms with Crippen molar-refractivity contribution in [3.63, 3.8) is 0 Å². The molecule has 0 atom stereocenters. The van der Waals surface area contributed by atoms with Crippen LogP contribution >= 0.6 is 0 Å². The number of hydrogen-bond acceptors (Lipinski definition) is 6. The lowest BCUT2D eigenvalue weighted by Gasteiger charge is -2.26. The molecule has 1 saturated heterocycles. The Labute approximate surface area is 175 Å². The van der Waals surface area contributed by atoms with Gasteiger partial charge in [-0.15, -0.1) is 0 Å². The fourth-order valence-electron chi connectivity index (χ4n) is 3.28. The smallest absolute Gasteiger partial charge is 0.243 e. The molecule has 0 amide bonds. The highest BCUT2D eigenvalue weighted by Gasteiger charge is 2.28. The molecular weight excluding hydrogens is 428 g/mol. The second kappa shape index (κ2) is 8.08. The Hall–Kier alpha value is -2.31. The summed E-state index contributed by atoms with van der Waals surface area (Å²) in [6.45, 7) is 1.31. The maximum atomic E-state index is 12.9. The number of benzene rings is 2. The third-order valence-corrected chi connectivity index (χ3v) is 8.68. The van der Waals surface area contributed by atoms with Crippen molar-refractivity contribution in [1.29, 1.82) is 0 Å². The maximum absolute atomic E-state index is 12.9.